The predicted molar refractivity (Wildman–Crippen MR) is 112 cm³/mol. The van der Waals surface area contributed by atoms with Gasteiger partial charge in [-0.1, -0.05) is 67.8 Å². The van der Waals surface area contributed by atoms with Crippen molar-refractivity contribution >= 4 is 11.7 Å². The minimum atomic E-state index is -0.122. The van der Waals surface area contributed by atoms with Crippen molar-refractivity contribution in [1.29, 1.82) is 0 Å². The maximum Gasteiger partial charge on any atom is 0.220 e. The highest BCUT2D eigenvalue weighted by molar-refractivity contribution is 5.86. The third-order valence-corrected chi connectivity index (χ3v) is 6.61. The van der Waals surface area contributed by atoms with Gasteiger partial charge in [0.25, 0.3) is 0 Å². The number of rotatable bonds is 6. The van der Waals surface area contributed by atoms with Gasteiger partial charge in [-0.3, -0.25) is 9.59 Å². The maximum absolute atomic E-state index is 12.7. The smallest absolute Gasteiger partial charge is 0.220 e. The largest absolute Gasteiger partial charge is 0.355 e. The van der Waals surface area contributed by atoms with Crippen molar-refractivity contribution in [3.05, 3.63) is 59.7 Å². The summed E-state index contributed by atoms with van der Waals surface area (Å²) in [5, 5.41) is 3.14. The van der Waals surface area contributed by atoms with Gasteiger partial charge in [0.1, 0.15) is 5.78 Å². The second kappa shape index (κ2) is 8.30. The molecule has 0 bridgehead atoms. The van der Waals surface area contributed by atoms with Gasteiger partial charge in [-0.15, -0.1) is 0 Å². The molecule has 2 aromatic carbocycles. The topological polar surface area (TPSA) is 46.2 Å². The summed E-state index contributed by atoms with van der Waals surface area (Å²) >= 11 is 0. The molecule has 4 rings (SSSR count). The Bertz CT molecular complexity index is 821. The molecule has 28 heavy (non-hydrogen) atoms. The monoisotopic (exact) mass is 375 g/mol. The van der Waals surface area contributed by atoms with E-state index in [1.165, 1.54) is 41.5 Å². The number of hydrogen-bond acceptors (Lipinski definition) is 2. The molecule has 1 unspecified atom stereocenters. The summed E-state index contributed by atoms with van der Waals surface area (Å²) in [6.45, 7) is 2.23. The van der Waals surface area contributed by atoms with Gasteiger partial charge in [-0.25, -0.2) is 0 Å². The van der Waals surface area contributed by atoms with Crippen LogP contribution in [0.5, 0.6) is 0 Å². The van der Waals surface area contributed by atoms with Crippen molar-refractivity contribution in [3.8, 4) is 11.1 Å². The molecule has 3 heteroatoms. The zero-order chi connectivity index (χ0) is 19.5. The average Bonchev–Trinajstić information content (AvgIpc) is 3.05. The number of carbonyl (C=O) groups is 2. The molecule has 2 aliphatic rings. The Morgan fingerprint density at radius 2 is 1.50 bits per heavy atom. The van der Waals surface area contributed by atoms with Gasteiger partial charge in [0.2, 0.25) is 5.91 Å². The number of benzene rings is 2. The summed E-state index contributed by atoms with van der Waals surface area (Å²) < 4.78 is 0. The van der Waals surface area contributed by atoms with E-state index >= 15 is 0 Å². The van der Waals surface area contributed by atoms with Gasteiger partial charge in [0.15, 0.2) is 0 Å². The van der Waals surface area contributed by atoms with Crippen LogP contribution in [0.3, 0.4) is 0 Å². The van der Waals surface area contributed by atoms with E-state index in [0.29, 0.717) is 18.9 Å². The molecule has 1 atom stereocenters. The normalized spacial score (nSPS) is 17.6. The molecular weight excluding hydrogens is 346 g/mol. The molecule has 0 aliphatic heterocycles. The van der Waals surface area contributed by atoms with Crippen molar-refractivity contribution < 1.29 is 9.59 Å². The SMILES string of the molecule is CC(=O)C(CC(=O)NCC1c2ccccc2-c2ccccc21)C1CCCCC1. The average molecular weight is 376 g/mol. The number of ketones is 1. The summed E-state index contributed by atoms with van der Waals surface area (Å²) in [7, 11) is 0. The first-order valence-electron chi connectivity index (χ1n) is 10.6. The molecular formula is C25H29NO2. The molecule has 1 N–H and O–H groups in total. The van der Waals surface area contributed by atoms with Crippen LogP contribution >= 0.6 is 0 Å². The zero-order valence-corrected chi connectivity index (χ0v) is 16.6. The van der Waals surface area contributed by atoms with E-state index in [4.69, 9.17) is 0 Å². The van der Waals surface area contributed by atoms with E-state index in [2.05, 4.69) is 53.8 Å². The van der Waals surface area contributed by atoms with E-state index in [0.717, 1.165) is 12.8 Å². The summed E-state index contributed by atoms with van der Waals surface area (Å²) in [6, 6.07) is 16.9. The Labute approximate surface area is 167 Å². The van der Waals surface area contributed by atoms with Gasteiger partial charge in [-0.2, -0.15) is 0 Å². The van der Waals surface area contributed by atoms with Crippen LogP contribution in [0.1, 0.15) is 62.5 Å². The van der Waals surface area contributed by atoms with E-state index < -0.39 is 0 Å². The van der Waals surface area contributed by atoms with Crippen molar-refractivity contribution in [1.82, 2.24) is 5.32 Å². The first-order chi connectivity index (χ1) is 13.6. The van der Waals surface area contributed by atoms with Gasteiger partial charge in [0.05, 0.1) is 0 Å². The molecule has 1 amide bonds. The zero-order valence-electron chi connectivity index (χ0n) is 16.6. The summed E-state index contributed by atoms with van der Waals surface area (Å²) in [6.07, 6.45) is 6.13. The van der Waals surface area contributed by atoms with E-state index in [9.17, 15) is 9.59 Å². The summed E-state index contributed by atoms with van der Waals surface area (Å²) in [4.78, 5) is 24.9. The van der Waals surface area contributed by atoms with Crippen molar-refractivity contribution in [2.75, 3.05) is 6.54 Å². The van der Waals surface area contributed by atoms with Gasteiger partial charge in [0, 0.05) is 24.8 Å². The van der Waals surface area contributed by atoms with Crippen LogP contribution in [-0.4, -0.2) is 18.2 Å². The fraction of sp³-hybridized carbons (Fsp3) is 0.440. The summed E-state index contributed by atoms with van der Waals surface area (Å²) in [5.41, 5.74) is 5.08. The van der Waals surface area contributed by atoms with E-state index in [1.54, 1.807) is 6.92 Å². The highest BCUT2D eigenvalue weighted by atomic mass is 16.2. The lowest BCUT2D eigenvalue weighted by Gasteiger charge is -2.28. The van der Waals surface area contributed by atoms with Gasteiger partial charge in [-0.05, 0) is 47.9 Å². The molecule has 146 valence electrons. The number of nitrogens with one attached hydrogen (secondary N) is 1. The molecule has 1 saturated carbocycles. The molecule has 1 fully saturated rings. The molecule has 0 aromatic heterocycles. The number of carbonyl (C=O) groups excluding carboxylic acids is 2. The van der Waals surface area contributed by atoms with E-state index in [-0.39, 0.29) is 23.5 Å². The third kappa shape index (κ3) is 3.76. The van der Waals surface area contributed by atoms with Crippen molar-refractivity contribution in [3.63, 3.8) is 0 Å². The molecule has 0 spiro atoms. The van der Waals surface area contributed by atoms with E-state index in [1.807, 2.05) is 0 Å². The summed E-state index contributed by atoms with van der Waals surface area (Å²) in [5.74, 6) is 0.612. The highest BCUT2D eigenvalue weighted by Crippen LogP contribution is 2.44. The lowest BCUT2D eigenvalue weighted by Crippen LogP contribution is -2.34. The third-order valence-electron chi connectivity index (χ3n) is 6.61. The molecule has 0 heterocycles. The number of hydrogen-bond donors (Lipinski definition) is 1. The number of Topliss-reactive ketones (excluding diaryl/α,β-unsaturated/α-hetero) is 1. The van der Waals surface area contributed by atoms with Crippen molar-refractivity contribution in [2.45, 2.75) is 51.4 Å². The number of fused-ring (bicyclic) bond motifs is 3. The lowest BCUT2D eigenvalue weighted by atomic mass is 9.77. The van der Waals surface area contributed by atoms with Crippen molar-refractivity contribution in [2.24, 2.45) is 11.8 Å². The van der Waals surface area contributed by atoms with Crippen LogP contribution < -0.4 is 5.32 Å². The second-order valence-electron chi connectivity index (χ2n) is 8.35. The lowest BCUT2D eigenvalue weighted by molar-refractivity contribution is -0.129. The van der Waals surface area contributed by atoms with Crippen LogP contribution in [0, 0.1) is 11.8 Å². The van der Waals surface area contributed by atoms with Gasteiger partial charge < -0.3 is 5.32 Å². The van der Waals surface area contributed by atoms with Crippen LogP contribution in [-0.2, 0) is 9.59 Å². The Hall–Kier alpha value is -2.42. The Balaban J connectivity index is 1.44. The van der Waals surface area contributed by atoms with Gasteiger partial charge >= 0.3 is 0 Å². The minimum absolute atomic E-state index is 0.00707. The Morgan fingerprint density at radius 1 is 0.929 bits per heavy atom. The number of amides is 1. The standard InChI is InChI=1S/C25H29NO2/c1-17(27)23(18-9-3-2-4-10-18)15-25(28)26-16-24-21-13-7-5-11-19(21)20-12-6-8-14-22(20)24/h5-8,11-14,18,23-24H,2-4,9-10,15-16H2,1H3,(H,26,28). The molecule has 3 nitrogen and oxygen atoms in total. The predicted octanol–water partition coefficient (Wildman–Crippen LogP) is 5.09. The maximum atomic E-state index is 12.7. The molecule has 0 radical (unpaired) electrons. The molecule has 2 aliphatic carbocycles. The van der Waals surface area contributed by atoms with Crippen LogP contribution in [0.25, 0.3) is 11.1 Å². The molecule has 2 aromatic rings. The Morgan fingerprint density at radius 3 is 2.07 bits per heavy atom. The van der Waals surface area contributed by atoms with Crippen LogP contribution in [0.2, 0.25) is 0 Å². The highest BCUT2D eigenvalue weighted by Gasteiger charge is 2.31. The second-order valence-corrected chi connectivity index (χ2v) is 8.35. The Kier molecular flexibility index (Phi) is 5.61. The first kappa shape index (κ1) is 18.9. The fourth-order valence-electron chi connectivity index (χ4n) is 5.15. The minimum Gasteiger partial charge on any atom is -0.355 e. The quantitative estimate of drug-likeness (QED) is 0.764. The fourth-order valence-corrected chi connectivity index (χ4v) is 5.15. The van der Waals surface area contributed by atoms with Crippen LogP contribution in [0.4, 0.5) is 0 Å². The first-order valence-corrected chi connectivity index (χ1v) is 10.6. The van der Waals surface area contributed by atoms with Crippen LogP contribution in [0.15, 0.2) is 48.5 Å². The molecule has 0 saturated heterocycles.